The van der Waals surface area contributed by atoms with Gasteiger partial charge in [-0.15, -0.1) is 0 Å². The van der Waals surface area contributed by atoms with E-state index < -0.39 is 0 Å². The molecule has 0 saturated heterocycles. The average Bonchev–Trinajstić information content (AvgIpc) is 1.67. The summed E-state index contributed by atoms with van der Waals surface area (Å²) in [7, 11) is 0. The predicted octanol–water partition coefficient (Wildman–Crippen LogP) is 3.64. The highest BCUT2D eigenvalue weighted by Gasteiger charge is 1.88. The monoisotopic (exact) mass is 262 g/mol. The first kappa shape index (κ1) is 8.79. The van der Waals surface area contributed by atoms with Crippen molar-refractivity contribution in [2.45, 2.75) is 6.92 Å². The van der Waals surface area contributed by atoms with E-state index in [0.717, 1.165) is 3.58 Å². The summed E-state index contributed by atoms with van der Waals surface area (Å²) in [6, 6.07) is 0. The Hall–Kier alpha value is 0.790. The van der Waals surface area contributed by atoms with Crippen LogP contribution >= 0.6 is 45.8 Å². The first-order chi connectivity index (χ1) is 3.68. The topological polar surface area (TPSA) is 0 Å². The molecule has 3 heteroatoms. The normalized spacial score (nSPS) is 10.0. The summed E-state index contributed by atoms with van der Waals surface area (Å²) in [5.74, 6) is 0. The third-order valence-electron chi connectivity index (χ3n) is 0.494. The first-order valence-corrected chi connectivity index (χ1v) is 3.85. The lowest BCUT2D eigenvalue weighted by molar-refractivity contribution is 1.73. The summed E-state index contributed by atoms with van der Waals surface area (Å²) in [5, 5.41) is 0. The van der Waals surface area contributed by atoms with E-state index in [1.807, 2.05) is 19.1 Å². The van der Waals surface area contributed by atoms with Gasteiger partial charge in [0.15, 0.2) is 0 Å². The molecule has 0 radical (unpaired) electrons. The number of hydrogen-bond donors (Lipinski definition) is 0. The second-order valence-corrected chi connectivity index (χ2v) is 3.22. The quantitative estimate of drug-likeness (QED) is 0.500. The van der Waals surface area contributed by atoms with Gasteiger partial charge in [0.2, 0.25) is 0 Å². The van der Waals surface area contributed by atoms with Gasteiger partial charge in [-0.3, -0.25) is 0 Å². The SMILES string of the molecule is C/C=C\C(I)=C(Cl)Cl. The summed E-state index contributed by atoms with van der Waals surface area (Å²) in [4.78, 5) is 0. The molecule has 0 amide bonds. The summed E-state index contributed by atoms with van der Waals surface area (Å²) in [6.45, 7) is 1.91. The van der Waals surface area contributed by atoms with Crippen molar-refractivity contribution >= 4 is 45.8 Å². The van der Waals surface area contributed by atoms with E-state index in [1.54, 1.807) is 0 Å². The van der Waals surface area contributed by atoms with Crippen molar-refractivity contribution in [3.63, 3.8) is 0 Å². The average molecular weight is 263 g/mol. The van der Waals surface area contributed by atoms with Crippen LogP contribution in [0.15, 0.2) is 20.2 Å². The molecule has 0 rings (SSSR count). The Bertz CT molecular complexity index is 122. The van der Waals surface area contributed by atoms with Crippen LogP contribution in [0.2, 0.25) is 0 Å². The van der Waals surface area contributed by atoms with Crippen LogP contribution in [0, 0.1) is 0 Å². The molecule has 46 valence electrons. The highest BCUT2D eigenvalue weighted by atomic mass is 127. The highest BCUT2D eigenvalue weighted by molar-refractivity contribution is 14.1. The maximum absolute atomic E-state index is 5.39. The Morgan fingerprint density at radius 2 is 2.00 bits per heavy atom. The van der Waals surface area contributed by atoms with Gasteiger partial charge in [0, 0.05) is 3.58 Å². The smallest absolute Gasteiger partial charge is 0.0865 e. The first-order valence-electron chi connectivity index (χ1n) is 2.02. The van der Waals surface area contributed by atoms with Gasteiger partial charge in [0.05, 0.1) is 0 Å². The molecule has 0 heterocycles. The molecule has 0 fully saturated rings. The Morgan fingerprint density at radius 3 is 2.12 bits per heavy atom. The van der Waals surface area contributed by atoms with E-state index in [9.17, 15) is 0 Å². The van der Waals surface area contributed by atoms with E-state index in [0.29, 0.717) is 4.49 Å². The van der Waals surface area contributed by atoms with Crippen LogP contribution in [-0.2, 0) is 0 Å². The second-order valence-electron chi connectivity index (χ2n) is 1.11. The zero-order valence-electron chi connectivity index (χ0n) is 4.29. The van der Waals surface area contributed by atoms with Gasteiger partial charge in [-0.05, 0) is 29.5 Å². The van der Waals surface area contributed by atoms with Gasteiger partial charge in [0.1, 0.15) is 4.49 Å². The van der Waals surface area contributed by atoms with Crippen molar-refractivity contribution in [2.24, 2.45) is 0 Å². The summed E-state index contributed by atoms with van der Waals surface area (Å²) in [5.41, 5.74) is 0. The van der Waals surface area contributed by atoms with Crippen LogP contribution in [0.25, 0.3) is 0 Å². The standard InChI is InChI=1S/C5H5Cl2I/c1-2-3-4(8)5(6)7/h2-3H,1H3/b3-2-. The molecule has 0 aromatic rings. The lowest BCUT2D eigenvalue weighted by Gasteiger charge is -1.84. The van der Waals surface area contributed by atoms with E-state index in [2.05, 4.69) is 22.6 Å². The summed E-state index contributed by atoms with van der Waals surface area (Å²) in [6.07, 6.45) is 3.72. The van der Waals surface area contributed by atoms with Crippen LogP contribution < -0.4 is 0 Å². The largest absolute Gasteiger partial charge is 0.120 e. The highest BCUT2D eigenvalue weighted by Crippen LogP contribution is 2.20. The predicted molar refractivity (Wildman–Crippen MR) is 47.6 cm³/mol. The molecule has 0 aliphatic heterocycles. The molecule has 0 bridgehead atoms. The molecule has 0 unspecified atom stereocenters. The van der Waals surface area contributed by atoms with Crippen molar-refractivity contribution in [3.05, 3.63) is 20.2 Å². The minimum Gasteiger partial charge on any atom is -0.0865 e. The van der Waals surface area contributed by atoms with Gasteiger partial charge >= 0.3 is 0 Å². The molecule has 0 saturated carbocycles. The van der Waals surface area contributed by atoms with Gasteiger partial charge in [-0.1, -0.05) is 35.4 Å². The maximum atomic E-state index is 5.39. The summed E-state index contributed by atoms with van der Waals surface area (Å²) >= 11 is 12.8. The van der Waals surface area contributed by atoms with E-state index in [1.165, 1.54) is 0 Å². The Morgan fingerprint density at radius 1 is 1.50 bits per heavy atom. The molecule has 0 atom stereocenters. The van der Waals surface area contributed by atoms with Crippen molar-refractivity contribution in [1.82, 2.24) is 0 Å². The molecule has 0 N–H and O–H groups in total. The maximum Gasteiger partial charge on any atom is 0.120 e. The molecule has 0 aromatic carbocycles. The van der Waals surface area contributed by atoms with Crippen molar-refractivity contribution in [1.29, 1.82) is 0 Å². The minimum absolute atomic E-state index is 0.323. The molecule has 0 spiro atoms. The second kappa shape index (κ2) is 4.65. The summed E-state index contributed by atoms with van der Waals surface area (Å²) < 4.78 is 1.19. The van der Waals surface area contributed by atoms with Crippen LogP contribution in [0.3, 0.4) is 0 Å². The molecule has 0 aliphatic carbocycles. The Balaban J connectivity index is 4.00. The zero-order chi connectivity index (χ0) is 6.57. The molecule has 8 heavy (non-hydrogen) atoms. The number of hydrogen-bond acceptors (Lipinski definition) is 0. The van der Waals surface area contributed by atoms with Crippen molar-refractivity contribution in [3.8, 4) is 0 Å². The Kier molecular flexibility index (Phi) is 5.11. The van der Waals surface area contributed by atoms with Crippen molar-refractivity contribution in [2.75, 3.05) is 0 Å². The van der Waals surface area contributed by atoms with Gasteiger partial charge in [-0.2, -0.15) is 0 Å². The fraction of sp³-hybridized carbons (Fsp3) is 0.200. The van der Waals surface area contributed by atoms with Crippen LogP contribution in [-0.4, -0.2) is 0 Å². The molecular formula is C5H5Cl2I. The lowest BCUT2D eigenvalue weighted by Crippen LogP contribution is -1.59. The van der Waals surface area contributed by atoms with E-state index in [-0.39, 0.29) is 0 Å². The van der Waals surface area contributed by atoms with Gasteiger partial charge in [-0.25, -0.2) is 0 Å². The molecule has 0 aliphatic rings. The van der Waals surface area contributed by atoms with Crippen molar-refractivity contribution < 1.29 is 0 Å². The third-order valence-corrected chi connectivity index (χ3v) is 2.44. The fourth-order valence-corrected chi connectivity index (χ4v) is 0.695. The van der Waals surface area contributed by atoms with Crippen LogP contribution in [0.1, 0.15) is 6.92 Å². The zero-order valence-corrected chi connectivity index (χ0v) is 7.96. The van der Waals surface area contributed by atoms with Crippen LogP contribution in [0.5, 0.6) is 0 Å². The molecule has 0 nitrogen and oxygen atoms in total. The lowest BCUT2D eigenvalue weighted by atomic mass is 10.5. The number of allylic oxidation sites excluding steroid dienone is 3. The molecular weight excluding hydrogens is 258 g/mol. The van der Waals surface area contributed by atoms with Crippen LogP contribution in [0.4, 0.5) is 0 Å². The molecule has 0 aromatic heterocycles. The van der Waals surface area contributed by atoms with E-state index in [4.69, 9.17) is 23.2 Å². The van der Waals surface area contributed by atoms with Gasteiger partial charge < -0.3 is 0 Å². The number of halogens is 3. The Labute approximate surface area is 72.7 Å². The third kappa shape index (κ3) is 3.75. The van der Waals surface area contributed by atoms with Gasteiger partial charge in [0.25, 0.3) is 0 Å². The minimum atomic E-state index is 0.323. The number of rotatable bonds is 1. The fourth-order valence-electron chi connectivity index (χ4n) is 0.209. The van der Waals surface area contributed by atoms with E-state index >= 15 is 0 Å².